The van der Waals surface area contributed by atoms with Gasteiger partial charge in [-0.05, 0) is 61.1 Å². The summed E-state index contributed by atoms with van der Waals surface area (Å²) in [4.78, 5) is 12.4. The third-order valence-electron chi connectivity index (χ3n) is 4.50. The number of benzene rings is 2. The highest BCUT2D eigenvalue weighted by molar-refractivity contribution is 5.79. The molecule has 128 valence electrons. The van der Waals surface area contributed by atoms with Crippen molar-refractivity contribution in [2.45, 2.75) is 46.6 Å². The number of methoxy groups -OCH3 is 1. The maximum atomic E-state index is 12.4. The zero-order valence-electron chi connectivity index (χ0n) is 15.3. The molecule has 0 aliphatic carbocycles. The molecule has 1 N–H and O–H groups in total. The van der Waals surface area contributed by atoms with Gasteiger partial charge < -0.3 is 10.1 Å². The molecule has 0 spiro atoms. The van der Waals surface area contributed by atoms with Crippen LogP contribution in [0.4, 0.5) is 0 Å². The van der Waals surface area contributed by atoms with Crippen molar-refractivity contribution in [3.05, 3.63) is 64.2 Å². The van der Waals surface area contributed by atoms with Crippen LogP contribution in [0.2, 0.25) is 0 Å². The lowest BCUT2D eigenvalue weighted by molar-refractivity contribution is -0.121. The van der Waals surface area contributed by atoms with E-state index in [1.54, 1.807) is 7.11 Å². The van der Waals surface area contributed by atoms with Crippen LogP contribution in [-0.2, 0) is 11.2 Å². The van der Waals surface area contributed by atoms with E-state index in [1.165, 1.54) is 11.1 Å². The molecule has 1 atom stereocenters. The SMILES string of the molecule is CC[C@H](NC(=O)Cc1ccc(C)c(C)c1)c1ccc(OC)c(C)c1. The van der Waals surface area contributed by atoms with Crippen molar-refractivity contribution < 1.29 is 9.53 Å². The first-order valence-corrected chi connectivity index (χ1v) is 8.44. The van der Waals surface area contributed by atoms with Gasteiger partial charge in [0.25, 0.3) is 0 Å². The Labute approximate surface area is 145 Å². The van der Waals surface area contributed by atoms with Crippen molar-refractivity contribution >= 4 is 5.91 Å². The minimum atomic E-state index is 0.0219. The van der Waals surface area contributed by atoms with E-state index in [9.17, 15) is 4.79 Å². The lowest BCUT2D eigenvalue weighted by atomic mass is 10.0. The van der Waals surface area contributed by atoms with Gasteiger partial charge in [0.05, 0.1) is 19.6 Å². The van der Waals surface area contributed by atoms with Crippen LogP contribution >= 0.6 is 0 Å². The Morgan fingerprint density at radius 1 is 1.04 bits per heavy atom. The van der Waals surface area contributed by atoms with Gasteiger partial charge in [-0.1, -0.05) is 37.3 Å². The Kier molecular flexibility index (Phi) is 6.02. The van der Waals surface area contributed by atoms with Crippen LogP contribution in [0.1, 0.15) is 47.2 Å². The summed E-state index contributed by atoms with van der Waals surface area (Å²) in [6.07, 6.45) is 1.26. The van der Waals surface area contributed by atoms with Gasteiger partial charge in [0, 0.05) is 0 Å². The fraction of sp³-hybridized carbons (Fsp3) is 0.381. The summed E-state index contributed by atoms with van der Waals surface area (Å²) in [5.74, 6) is 0.925. The van der Waals surface area contributed by atoms with E-state index >= 15 is 0 Å². The molecule has 0 aliphatic heterocycles. The maximum absolute atomic E-state index is 12.4. The summed E-state index contributed by atoms with van der Waals surface area (Å²) in [5, 5.41) is 3.15. The molecule has 0 radical (unpaired) electrons. The minimum absolute atomic E-state index is 0.0219. The second-order valence-electron chi connectivity index (χ2n) is 6.35. The van der Waals surface area contributed by atoms with E-state index in [-0.39, 0.29) is 11.9 Å². The summed E-state index contributed by atoms with van der Waals surface area (Å²) in [6.45, 7) is 8.26. The molecule has 0 heterocycles. The number of ether oxygens (including phenoxy) is 1. The van der Waals surface area contributed by atoms with E-state index < -0.39 is 0 Å². The zero-order valence-corrected chi connectivity index (χ0v) is 15.3. The van der Waals surface area contributed by atoms with Crippen molar-refractivity contribution in [2.75, 3.05) is 7.11 Å². The van der Waals surface area contributed by atoms with Gasteiger partial charge in [0.15, 0.2) is 0 Å². The number of carbonyl (C=O) groups is 1. The summed E-state index contributed by atoms with van der Waals surface area (Å²) < 4.78 is 5.31. The van der Waals surface area contributed by atoms with Gasteiger partial charge in [-0.2, -0.15) is 0 Å². The molecule has 0 bridgehead atoms. The molecule has 3 nitrogen and oxygen atoms in total. The van der Waals surface area contributed by atoms with Crippen LogP contribution in [0, 0.1) is 20.8 Å². The molecule has 1 amide bonds. The summed E-state index contributed by atoms with van der Waals surface area (Å²) in [6, 6.07) is 12.3. The third kappa shape index (κ3) is 4.38. The molecule has 0 saturated heterocycles. The highest BCUT2D eigenvalue weighted by atomic mass is 16.5. The fourth-order valence-corrected chi connectivity index (χ4v) is 2.88. The molecule has 2 aromatic carbocycles. The summed E-state index contributed by atoms with van der Waals surface area (Å²) in [5.41, 5.74) is 5.72. The minimum Gasteiger partial charge on any atom is -0.496 e. The standard InChI is InChI=1S/C21H27NO2/c1-6-19(18-9-10-20(24-5)16(4)12-18)22-21(23)13-17-8-7-14(2)15(3)11-17/h7-12,19H,6,13H2,1-5H3,(H,22,23)/t19-/m0/s1. The average molecular weight is 325 g/mol. The van der Waals surface area contributed by atoms with Crippen LogP contribution < -0.4 is 10.1 Å². The Hall–Kier alpha value is -2.29. The molecule has 0 unspecified atom stereocenters. The van der Waals surface area contributed by atoms with Crippen LogP contribution in [-0.4, -0.2) is 13.0 Å². The second-order valence-corrected chi connectivity index (χ2v) is 6.35. The van der Waals surface area contributed by atoms with Gasteiger partial charge in [0.1, 0.15) is 5.75 Å². The molecule has 0 saturated carbocycles. The fourth-order valence-electron chi connectivity index (χ4n) is 2.88. The molecular weight excluding hydrogens is 298 g/mol. The first-order valence-electron chi connectivity index (χ1n) is 8.44. The van der Waals surface area contributed by atoms with E-state index in [2.05, 4.69) is 44.3 Å². The topological polar surface area (TPSA) is 38.3 Å². The zero-order chi connectivity index (χ0) is 17.7. The van der Waals surface area contributed by atoms with Crippen molar-refractivity contribution in [3.8, 4) is 5.75 Å². The quantitative estimate of drug-likeness (QED) is 0.853. The highest BCUT2D eigenvalue weighted by Gasteiger charge is 2.14. The monoisotopic (exact) mass is 325 g/mol. The lowest BCUT2D eigenvalue weighted by Crippen LogP contribution is -2.29. The summed E-state index contributed by atoms with van der Waals surface area (Å²) >= 11 is 0. The van der Waals surface area contributed by atoms with E-state index in [1.807, 2.05) is 25.1 Å². The predicted octanol–water partition coefficient (Wildman–Crippen LogP) is 4.43. The largest absolute Gasteiger partial charge is 0.496 e. The smallest absolute Gasteiger partial charge is 0.224 e. The molecule has 2 aromatic rings. The number of hydrogen-bond acceptors (Lipinski definition) is 2. The van der Waals surface area contributed by atoms with Crippen molar-refractivity contribution in [1.82, 2.24) is 5.32 Å². The van der Waals surface area contributed by atoms with Gasteiger partial charge in [0.2, 0.25) is 5.91 Å². The molecule has 3 heteroatoms. The molecule has 2 rings (SSSR count). The number of amides is 1. The van der Waals surface area contributed by atoms with Crippen molar-refractivity contribution in [2.24, 2.45) is 0 Å². The molecule has 0 fully saturated rings. The number of aryl methyl sites for hydroxylation is 3. The second kappa shape index (κ2) is 8.00. The Balaban J connectivity index is 2.07. The van der Waals surface area contributed by atoms with E-state index in [4.69, 9.17) is 4.74 Å². The Bertz CT molecular complexity index is 722. The predicted molar refractivity (Wildman–Crippen MR) is 98.5 cm³/mol. The van der Waals surface area contributed by atoms with Gasteiger partial charge in [-0.15, -0.1) is 0 Å². The Morgan fingerprint density at radius 3 is 2.38 bits per heavy atom. The molecule has 24 heavy (non-hydrogen) atoms. The van der Waals surface area contributed by atoms with Gasteiger partial charge >= 0.3 is 0 Å². The highest BCUT2D eigenvalue weighted by Crippen LogP contribution is 2.24. The van der Waals surface area contributed by atoms with Crippen molar-refractivity contribution in [1.29, 1.82) is 0 Å². The Morgan fingerprint density at radius 2 is 1.79 bits per heavy atom. The van der Waals surface area contributed by atoms with E-state index in [0.717, 1.165) is 28.9 Å². The summed E-state index contributed by atoms with van der Waals surface area (Å²) in [7, 11) is 1.67. The molecule has 0 aliphatic rings. The number of nitrogens with one attached hydrogen (secondary N) is 1. The van der Waals surface area contributed by atoms with Crippen LogP contribution in [0.5, 0.6) is 5.75 Å². The first-order chi connectivity index (χ1) is 11.4. The van der Waals surface area contributed by atoms with Crippen LogP contribution in [0.15, 0.2) is 36.4 Å². The van der Waals surface area contributed by atoms with Gasteiger partial charge in [-0.25, -0.2) is 0 Å². The number of hydrogen-bond donors (Lipinski definition) is 1. The maximum Gasteiger partial charge on any atom is 0.224 e. The number of carbonyl (C=O) groups excluding carboxylic acids is 1. The van der Waals surface area contributed by atoms with Crippen LogP contribution in [0.3, 0.4) is 0 Å². The molecular formula is C21H27NO2. The van der Waals surface area contributed by atoms with E-state index in [0.29, 0.717) is 6.42 Å². The number of rotatable bonds is 6. The molecule has 0 aromatic heterocycles. The van der Waals surface area contributed by atoms with Gasteiger partial charge in [-0.3, -0.25) is 4.79 Å². The lowest BCUT2D eigenvalue weighted by Gasteiger charge is -2.19. The average Bonchev–Trinajstić information content (AvgIpc) is 2.56. The third-order valence-corrected chi connectivity index (χ3v) is 4.50. The first kappa shape index (κ1) is 18.1. The normalized spacial score (nSPS) is 11.9. The van der Waals surface area contributed by atoms with Crippen LogP contribution in [0.25, 0.3) is 0 Å². The van der Waals surface area contributed by atoms with Crippen molar-refractivity contribution in [3.63, 3.8) is 0 Å².